The molecule has 1 aromatic rings. The van der Waals surface area contributed by atoms with E-state index in [-0.39, 0.29) is 0 Å². The number of benzene rings is 1. The predicted octanol–water partition coefficient (Wildman–Crippen LogP) is 0.514. The molecule has 1 aromatic carbocycles. The molecule has 0 aliphatic carbocycles. The fourth-order valence-electron chi connectivity index (χ4n) is 1.84. The Morgan fingerprint density at radius 2 is 1.89 bits per heavy atom. The second-order valence-corrected chi connectivity index (χ2v) is 4.36. The fourth-order valence-corrected chi connectivity index (χ4v) is 1.84. The number of carbonyl (C=O) groups is 3. The zero-order valence-electron chi connectivity index (χ0n) is 10.5. The molecule has 7 nitrogen and oxygen atoms in total. The van der Waals surface area contributed by atoms with Crippen LogP contribution in [0.5, 0.6) is 0 Å². The van der Waals surface area contributed by atoms with E-state index >= 15 is 0 Å². The van der Waals surface area contributed by atoms with Crippen LogP contribution in [0, 0.1) is 0 Å². The lowest BCUT2D eigenvalue weighted by Gasteiger charge is -2.21. The van der Waals surface area contributed by atoms with Crippen molar-refractivity contribution in [2.45, 2.75) is 19.4 Å². The van der Waals surface area contributed by atoms with Gasteiger partial charge in [0.2, 0.25) is 0 Å². The molecule has 3 N–H and O–H groups in total. The number of nitrogens with zero attached hydrogens (tertiary/aromatic N) is 1. The number of nitrogens with two attached hydrogens (primary N) is 1. The summed E-state index contributed by atoms with van der Waals surface area (Å²) in [6, 6.07) is 5.72. The minimum atomic E-state index is -1.28. The van der Waals surface area contributed by atoms with Gasteiger partial charge in [-0.2, -0.15) is 0 Å². The molecule has 0 spiro atoms. The fraction of sp³-hybridized carbons (Fsp3) is 0.250. The molecule has 1 saturated heterocycles. The Kier molecular flexibility index (Phi) is 2.89. The molecule has 0 saturated carbocycles. The maximum Gasteiger partial charge on any atom is 0.359 e. The third-order valence-corrected chi connectivity index (χ3v) is 2.86. The average Bonchev–Trinajstić information content (AvgIpc) is 2.54. The Bertz CT molecular complexity index is 555. The largest absolute Gasteiger partial charge is 0.399 e. The number of hydrogen-bond acceptors (Lipinski definition) is 5. The van der Waals surface area contributed by atoms with Gasteiger partial charge in [0, 0.05) is 12.6 Å². The van der Waals surface area contributed by atoms with Crippen LogP contribution in [0.1, 0.15) is 19.4 Å². The summed E-state index contributed by atoms with van der Waals surface area (Å²) in [5, 5.41) is 2.92. The van der Waals surface area contributed by atoms with E-state index in [1.54, 1.807) is 24.3 Å². The zero-order valence-corrected chi connectivity index (χ0v) is 10.5. The van der Waals surface area contributed by atoms with Crippen LogP contribution in [0.4, 0.5) is 10.5 Å². The third kappa shape index (κ3) is 2.10. The number of imide groups is 1. The molecule has 1 aliphatic heterocycles. The number of urea groups is 1. The Labute approximate surface area is 109 Å². The van der Waals surface area contributed by atoms with Crippen LogP contribution < -0.4 is 11.1 Å². The number of hydrogen-bond donors (Lipinski definition) is 2. The van der Waals surface area contributed by atoms with Gasteiger partial charge in [0.15, 0.2) is 0 Å². The molecule has 100 valence electrons. The van der Waals surface area contributed by atoms with Crippen molar-refractivity contribution in [1.82, 2.24) is 10.4 Å². The highest BCUT2D eigenvalue weighted by Gasteiger charge is 2.51. The molecule has 1 heterocycles. The van der Waals surface area contributed by atoms with E-state index in [1.165, 1.54) is 6.92 Å². The van der Waals surface area contributed by atoms with E-state index in [4.69, 9.17) is 5.73 Å². The zero-order chi connectivity index (χ0) is 14.2. The van der Waals surface area contributed by atoms with Crippen molar-refractivity contribution in [3.63, 3.8) is 0 Å². The van der Waals surface area contributed by atoms with Gasteiger partial charge < -0.3 is 15.9 Å². The van der Waals surface area contributed by atoms with Gasteiger partial charge in [-0.1, -0.05) is 17.2 Å². The van der Waals surface area contributed by atoms with Crippen LogP contribution in [0.3, 0.4) is 0 Å². The second-order valence-electron chi connectivity index (χ2n) is 4.36. The van der Waals surface area contributed by atoms with Gasteiger partial charge in [-0.3, -0.25) is 4.79 Å². The number of amides is 3. The first-order valence-electron chi connectivity index (χ1n) is 5.56. The van der Waals surface area contributed by atoms with E-state index in [0.717, 1.165) is 6.92 Å². The Balaban J connectivity index is 2.35. The van der Waals surface area contributed by atoms with Gasteiger partial charge in [-0.25, -0.2) is 9.59 Å². The van der Waals surface area contributed by atoms with E-state index < -0.39 is 23.4 Å². The number of rotatable bonds is 2. The predicted molar refractivity (Wildman–Crippen MR) is 65.4 cm³/mol. The van der Waals surface area contributed by atoms with Crippen molar-refractivity contribution in [1.29, 1.82) is 0 Å². The summed E-state index contributed by atoms with van der Waals surface area (Å²) in [7, 11) is 0. The molecule has 1 atom stereocenters. The van der Waals surface area contributed by atoms with E-state index in [2.05, 4.69) is 10.2 Å². The van der Waals surface area contributed by atoms with E-state index in [1.807, 2.05) is 0 Å². The summed E-state index contributed by atoms with van der Waals surface area (Å²) in [4.78, 5) is 39.3. The molecule has 0 radical (unpaired) electrons. The van der Waals surface area contributed by atoms with Gasteiger partial charge in [-0.15, -0.1) is 0 Å². The van der Waals surface area contributed by atoms with Crippen LogP contribution in [0.2, 0.25) is 0 Å². The molecule has 1 unspecified atom stereocenters. The van der Waals surface area contributed by atoms with Crippen molar-refractivity contribution in [3.8, 4) is 0 Å². The molecular weight excluding hydrogens is 250 g/mol. The number of hydroxylamine groups is 2. The molecule has 2 rings (SSSR count). The Morgan fingerprint density at radius 1 is 1.32 bits per heavy atom. The highest BCUT2D eigenvalue weighted by atomic mass is 16.7. The maximum atomic E-state index is 12.2. The van der Waals surface area contributed by atoms with Crippen LogP contribution in [0.15, 0.2) is 24.3 Å². The van der Waals surface area contributed by atoms with Crippen LogP contribution in [0.25, 0.3) is 0 Å². The summed E-state index contributed by atoms with van der Waals surface area (Å²) in [6.45, 7) is 2.64. The van der Waals surface area contributed by atoms with Gasteiger partial charge in [-0.05, 0) is 24.6 Å². The summed E-state index contributed by atoms with van der Waals surface area (Å²) >= 11 is 0. The van der Waals surface area contributed by atoms with Crippen molar-refractivity contribution in [3.05, 3.63) is 29.8 Å². The van der Waals surface area contributed by atoms with Crippen LogP contribution >= 0.6 is 0 Å². The summed E-state index contributed by atoms with van der Waals surface area (Å²) < 4.78 is 0. The summed E-state index contributed by atoms with van der Waals surface area (Å²) in [5.74, 6) is -1.40. The quantitative estimate of drug-likeness (QED) is 0.598. The molecular formula is C12H13N3O4. The van der Waals surface area contributed by atoms with Crippen molar-refractivity contribution in [2.75, 3.05) is 5.73 Å². The minimum absolute atomic E-state index is 0.429. The number of carbonyl (C=O) groups excluding carboxylic acids is 3. The van der Waals surface area contributed by atoms with E-state index in [9.17, 15) is 14.4 Å². The second kappa shape index (κ2) is 4.27. The summed E-state index contributed by atoms with van der Waals surface area (Å²) in [6.07, 6.45) is 0. The van der Waals surface area contributed by atoms with Gasteiger partial charge in [0.1, 0.15) is 5.54 Å². The molecule has 19 heavy (non-hydrogen) atoms. The smallest absolute Gasteiger partial charge is 0.359 e. The van der Waals surface area contributed by atoms with Gasteiger partial charge >= 0.3 is 12.0 Å². The molecule has 1 aliphatic rings. The summed E-state index contributed by atoms with van der Waals surface area (Å²) in [5.41, 5.74) is 5.39. The molecule has 3 amide bonds. The lowest BCUT2D eigenvalue weighted by atomic mass is 9.92. The Hall–Kier alpha value is -2.57. The monoisotopic (exact) mass is 263 g/mol. The van der Waals surface area contributed by atoms with Crippen molar-refractivity contribution >= 4 is 23.6 Å². The SMILES string of the molecule is CC(=O)ON1C(=O)NC(C)(c2ccc(N)cc2)C1=O. The number of nitrogen functional groups attached to an aromatic ring is 1. The average molecular weight is 263 g/mol. The van der Waals surface area contributed by atoms with Gasteiger partial charge in [0.05, 0.1) is 0 Å². The highest BCUT2D eigenvalue weighted by molar-refractivity contribution is 6.06. The third-order valence-electron chi connectivity index (χ3n) is 2.86. The first kappa shape index (κ1) is 12.9. The van der Waals surface area contributed by atoms with Crippen LogP contribution in [-0.4, -0.2) is 23.0 Å². The number of anilines is 1. The Morgan fingerprint density at radius 3 is 2.42 bits per heavy atom. The maximum absolute atomic E-state index is 12.2. The van der Waals surface area contributed by atoms with Crippen LogP contribution in [-0.2, 0) is 20.0 Å². The molecule has 0 bridgehead atoms. The minimum Gasteiger partial charge on any atom is -0.399 e. The molecule has 0 aromatic heterocycles. The lowest BCUT2D eigenvalue weighted by Crippen LogP contribution is -2.41. The highest BCUT2D eigenvalue weighted by Crippen LogP contribution is 2.29. The first-order valence-corrected chi connectivity index (χ1v) is 5.56. The van der Waals surface area contributed by atoms with E-state index in [0.29, 0.717) is 16.3 Å². The topological polar surface area (TPSA) is 102 Å². The normalized spacial score (nSPS) is 22.3. The molecule has 1 fully saturated rings. The van der Waals surface area contributed by atoms with Crippen molar-refractivity contribution < 1.29 is 19.2 Å². The lowest BCUT2D eigenvalue weighted by molar-refractivity contribution is -0.182. The first-order chi connectivity index (χ1) is 8.84. The number of nitrogens with one attached hydrogen (secondary N) is 1. The van der Waals surface area contributed by atoms with Crippen molar-refractivity contribution in [2.24, 2.45) is 0 Å². The standard InChI is InChI=1S/C12H13N3O4/c1-7(16)19-15-10(17)12(2,14-11(15)18)8-3-5-9(13)6-4-8/h3-6H,13H2,1-2H3,(H,14,18). The molecule has 7 heteroatoms. The van der Waals surface area contributed by atoms with Gasteiger partial charge in [0.25, 0.3) is 5.91 Å².